The molecule has 0 spiro atoms. The van der Waals surface area contributed by atoms with Crippen LogP contribution in [0.3, 0.4) is 0 Å². The van der Waals surface area contributed by atoms with E-state index >= 15 is 0 Å². The van der Waals surface area contributed by atoms with Gasteiger partial charge >= 0.3 is 6.03 Å². The van der Waals surface area contributed by atoms with Crippen LogP contribution in [0.2, 0.25) is 0 Å². The van der Waals surface area contributed by atoms with Gasteiger partial charge in [0, 0.05) is 32.6 Å². The lowest BCUT2D eigenvalue weighted by Gasteiger charge is -2.33. The number of hydrogen-bond acceptors (Lipinski definition) is 2. The molecule has 138 valence electrons. The number of benzene rings is 1. The molecule has 3 amide bonds. The van der Waals surface area contributed by atoms with Crippen LogP contribution in [0.1, 0.15) is 39.2 Å². The average Bonchev–Trinajstić information content (AvgIpc) is 2.59. The van der Waals surface area contributed by atoms with Crippen LogP contribution < -0.4 is 10.6 Å². The van der Waals surface area contributed by atoms with Crippen molar-refractivity contribution in [3.05, 3.63) is 35.9 Å². The normalized spacial score (nSPS) is 16.6. The van der Waals surface area contributed by atoms with Crippen LogP contribution in [0.5, 0.6) is 0 Å². The van der Waals surface area contributed by atoms with E-state index in [0.29, 0.717) is 31.5 Å². The second kappa shape index (κ2) is 9.44. The lowest BCUT2D eigenvalue weighted by molar-refractivity contribution is -0.119. The Labute approximate surface area is 151 Å². The topological polar surface area (TPSA) is 61.4 Å². The van der Waals surface area contributed by atoms with Gasteiger partial charge in [-0.25, -0.2) is 4.79 Å². The molecule has 2 rings (SSSR count). The molecule has 2 N–H and O–H groups in total. The highest BCUT2D eigenvalue weighted by molar-refractivity contribution is 5.75. The summed E-state index contributed by atoms with van der Waals surface area (Å²) in [4.78, 5) is 25.4. The summed E-state index contributed by atoms with van der Waals surface area (Å²) in [6.07, 6.45) is 2.62. The summed E-state index contributed by atoms with van der Waals surface area (Å²) in [5, 5.41) is 6.05. The van der Waals surface area contributed by atoms with Gasteiger partial charge in [0.2, 0.25) is 5.91 Å². The van der Waals surface area contributed by atoms with Crippen molar-refractivity contribution in [2.75, 3.05) is 19.6 Å². The van der Waals surface area contributed by atoms with Crippen molar-refractivity contribution in [1.82, 2.24) is 15.5 Å². The smallest absolute Gasteiger partial charge is 0.317 e. The van der Waals surface area contributed by atoms with E-state index in [2.05, 4.69) is 48.7 Å². The Morgan fingerprint density at radius 2 is 1.80 bits per heavy atom. The molecule has 0 aromatic heterocycles. The summed E-state index contributed by atoms with van der Waals surface area (Å²) in [6, 6.07) is 10.6. The van der Waals surface area contributed by atoms with Crippen molar-refractivity contribution in [3.63, 3.8) is 0 Å². The van der Waals surface area contributed by atoms with Crippen molar-refractivity contribution in [2.24, 2.45) is 11.8 Å². The molecule has 1 heterocycles. The van der Waals surface area contributed by atoms with Crippen LogP contribution in [-0.4, -0.2) is 42.5 Å². The molecule has 1 saturated heterocycles. The maximum absolute atomic E-state index is 12.4. The molecule has 1 aromatic rings. The van der Waals surface area contributed by atoms with Crippen molar-refractivity contribution in [2.45, 2.75) is 46.1 Å². The Bertz CT molecular complexity index is 551. The number of hydrogen-bond donors (Lipinski definition) is 2. The second-order valence-corrected chi connectivity index (χ2v) is 7.34. The van der Waals surface area contributed by atoms with Gasteiger partial charge < -0.3 is 15.5 Å². The zero-order chi connectivity index (χ0) is 18.2. The fraction of sp³-hybridized carbons (Fsp3) is 0.600. The molecule has 1 aromatic carbocycles. The molecule has 0 radical (unpaired) electrons. The minimum absolute atomic E-state index is 0.00332. The maximum Gasteiger partial charge on any atom is 0.317 e. The molecule has 5 heteroatoms. The Morgan fingerprint density at radius 3 is 2.36 bits per heavy atom. The molecule has 1 aliphatic rings. The van der Waals surface area contributed by atoms with Crippen LogP contribution >= 0.6 is 0 Å². The number of piperidine rings is 1. The third kappa shape index (κ3) is 6.40. The number of urea groups is 1. The van der Waals surface area contributed by atoms with Gasteiger partial charge in [0.1, 0.15) is 0 Å². The van der Waals surface area contributed by atoms with Crippen molar-refractivity contribution < 1.29 is 9.59 Å². The van der Waals surface area contributed by atoms with Gasteiger partial charge in [0.05, 0.1) is 0 Å². The van der Waals surface area contributed by atoms with Crippen molar-refractivity contribution >= 4 is 11.9 Å². The summed E-state index contributed by atoms with van der Waals surface area (Å²) >= 11 is 0. The lowest BCUT2D eigenvalue weighted by Crippen LogP contribution is -2.50. The monoisotopic (exact) mass is 345 g/mol. The van der Waals surface area contributed by atoms with Gasteiger partial charge in [-0.3, -0.25) is 4.79 Å². The van der Waals surface area contributed by atoms with E-state index in [1.54, 1.807) is 0 Å². The summed E-state index contributed by atoms with van der Waals surface area (Å²) in [5.41, 5.74) is 1.31. The van der Waals surface area contributed by atoms with Crippen LogP contribution in [0.25, 0.3) is 0 Å². The first-order valence-electron chi connectivity index (χ1n) is 9.29. The molecular formula is C20H31N3O2. The van der Waals surface area contributed by atoms with Gasteiger partial charge in [-0.05, 0) is 36.7 Å². The highest BCUT2D eigenvalue weighted by Gasteiger charge is 2.24. The van der Waals surface area contributed by atoms with E-state index in [1.807, 2.05) is 11.0 Å². The highest BCUT2D eigenvalue weighted by Crippen LogP contribution is 2.17. The van der Waals surface area contributed by atoms with Gasteiger partial charge in [0.15, 0.2) is 0 Å². The molecule has 0 bridgehead atoms. The molecule has 1 aliphatic heterocycles. The van der Waals surface area contributed by atoms with Gasteiger partial charge in [0.25, 0.3) is 0 Å². The molecule has 0 aliphatic carbocycles. The average molecular weight is 345 g/mol. The van der Waals surface area contributed by atoms with Crippen LogP contribution in [0.4, 0.5) is 4.79 Å². The second-order valence-electron chi connectivity index (χ2n) is 7.34. The molecule has 1 atom stereocenters. The summed E-state index contributed by atoms with van der Waals surface area (Å²) < 4.78 is 0. The molecule has 0 unspecified atom stereocenters. The molecule has 0 saturated carbocycles. The van der Waals surface area contributed by atoms with Crippen LogP contribution in [0, 0.1) is 11.8 Å². The SMILES string of the molecule is CC(=O)NC1CCN(C(=O)NC[C@@H](Cc2ccccc2)C(C)C)CC1. The first-order chi connectivity index (χ1) is 12.0. The molecular weight excluding hydrogens is 314 g/mol. The van der Waals surface area contributed by atoms with Gasteiger partial charge in [-0.2, -0.15) is 0 Å². The first-order valence-corrected chi connectivity index (χ1v) is 9.29. The van der Waals surface area contributed by atoms with Crippen molar-refractivity contribution in [1.29, 1.82) is 0 Å². The number of nitrogens with one attached hydrogen (secondary N) is 2. The molecule has 25 heavy (non-hydrogen) atoms. The predicted octanol–water partition coefficient (Wildman–Crippen LogP) is 2.81. The minimum Gasteiger partial charge on any atom is -0.353 e. The summed E-state index contributed by atoms with van der Waals surface area (Å²) in [5.74, 6) is 0.929. The predicted molar refractivity (Wildman–Crippen MR) is 100 cm³/mol. The number of rotatable bonds is 6. The Kier molecular flexibility index (Phi) is 7.29. The van der Waals surface area contributed by atoms with Crippen LogP contribution in [0.15, 0.2) is 30.3 Å². The Balaban J connectivity index is 1.78. The number of nitrogens with zero attached hydrogens (tertiary/aromatic N) is 1. The van der Waals surface area contributed by atoms with E-state index < -0.39 is 0 Å². The zero-order valence-corrected chi connectivity index (χ0v) is 15.6. The lowest BCUT2D eigenvalue weighted by atomic mass is 9.89. The first kappa shape index (κ1) is 19.3. The zero-order valence-electron chi connectivity index (χ0n) is 15.6. The Hall–Kier alpha value is -2.04. The standard InChI is InChI=1S/C20H31N3O2/c1-15(2)18(13-17-7-5-4-6-8-17)14-21-20(25)23-11-9-19(10-12-23)22-16(3)24/h4-8,15,18-19H,9-14H2,1-3H3,(H,21,25)(H,22,24)/t18-/m1/s1. The number of likely N-dealkylation sites (tertiary alicyclic amines) is 1. The number of carbonyl (C=O) groups is 2. The van der Waals surface area contributed by atoms with E-state index in [0.717, 1.165) is 19.3 Å². The maximum atomic E-state index is 12.4. The molecule has 1 fully saturated rings. The van der Waals surface area contributed by atoms with Crippen molar-refractivity contribution in [3.8, 4) is 0 Å². The summed E-state index contributed by atoms with van der Waals surface area (Å²) in [7, 11) is 0. The summed E-state index contributed by atoms with van der Waals surface area (Å²) in [6.45, 7) is 8.04. The van der Waals surface area contributed by atoms with E-state index in [9.17, 15) is 9.59 Å². The highest BCUT2D eigenvalue weighted by atomic mass is 16.2. The fourth-order valence-electron chi connectivity index (χ4n) is 3.30. The quantitative estimate of drug-likeness (QED) is 0.833. The van der Waals surface area contributed by atoms with E-state index in [1.165, 1.54) is 12.5 Å². The third-order valence-electron chi connectivity index (χ3n) is 4.99. The number of amides is 3. The fourth-order valence-corrected chi connectivity index (χ4v) is 3.30. The largest absolute Gasteiger partial charge is 0.353 e. The minimum atomic E-state index is 0.00332. The van der Waals surface area contributed by atoms with Gasteiger partial charge in [-0.15, -0.1) is 0 Å². The number of carbonyl (C=O) groups excluding carboxylic acids is 2. The third-order valence-corrected chi connectivity index (χ3v) is 4.99. The Morgan fingerprint density at radius 1 is 1.16 bits per heavy atom. The van der Waals surface area contributed by atoms with E-state index in [4.69, 9.17) is 0 Å². The van der Waals surface area contributed by atoms with E-state index in [-0.39, 0.29) is 18.0 Å². The van der Waals surface area contributed by atoms with Gasteiger partial charge in [-0.1, -0.05) is 44.2 Å². The molecule has 5 nitrogen and oxygen atoms in total. The van der Waals surface area contributed by atoms with Crippen LogP contribution in [-0.2, 0) is 11.2 Å².